The van der Waals surface area contributed by atoms with E-state index in [4.69, 9.17) is 17.3 Å². The molecule has 0 aliphatic heterocycles. The lowest BCUT2D eigenvalue weighted by Gasteiger charge is -2.34. The second-order valence-electron chi connectivity index (χ2n) is 5.07. The van der Waals surface area contributed by atoms with Crippen LogP contribution in [0.5, 0.6) is 5.75 Å². The molecule has 2 nitrogen and oxygen atoms in total. The lowest BCUT2D eigenvalue weighted by molar-refractivity contribution is -0.138. The molecule has 1 saturated carbocycles. The Morgan fingerprint density at radius 1 is 1.16 bits per heavy atom. The molecule has 0 bridgehead atoms. The third kappa shape index (κ3) is 2.82. The third-order valence-corrected chi connectivity index (χ3v) is 3.98. The molecule has 3 N–H and O–H groups in total. The average Bonchev–Trinajstić information content (AvgIpc) is 2.31. The van der Waals surface area contributed by atoms with Gasteiger partial charge in [0, 0.05) is 5.54 Å². The lowest BCUT2D eigenvalue weighted by atomic mass is 9.77. The van der Waals surface area contributed by atoms with Gasteiger partial charge in [0.15, 0.2) is 0 Å². The summed E-state index contributed by atoms with van der Waals surface area (Å²) in [5.41, 5.74) is 4.65. The number of halogens is 4. The zero-order valence-electron chi connectivity index (χ0n) is 10.2. The second kappa shape index (κ2) is 4.87. The summed E-state index contributed by atoms with van der Waals surface area (Å²) >= 11 is 5.70. The van der Waals surface area contributed by atoms with Crippen molar-refractivity contribution in [3.8, 4) is 5.75 Å². The van der Waals surface area contributed by atoms with Crippen LogP contribution < -0.4 is 5.73 Å². The Kier molecular flexibility index (Phi) is 3.71. The van der Waals surface area contributed by atoms with Gasteiger partial charge in [-0.15, -0.1) is 0 Å². The van der Waals surface area contributed by atoms with E-state index in [1.165, 1.54) is 6.07 Å². The molecule has 0 radical (unpaired) electrons. The molecule has 106 valence electrons. The molecule has 1 aliphatic rings. The first-order valence-corrected chi connectivity index (χ1v) is 6.51. The van der Waals surface area contributed by atoms with Gasteiger partial charge in [-0.25, -0.2) is 0 Å². The van der Waals surface area contributed by atoms with Crippen LogP contribution in [0.25, 0.3) is 0 Å². The summed E-state index contributed by atoms with van der Waals surface area (Å²) in [6.45, 7) is 0. The fraction of sp³-hybridized carbons (Fsp3) is 0.538. The molecule has 1 aromatic carbocycles. The van der Waals surface area contributed by atoms with Gasteiger partial charge in [-0.2, -0.15) is 13.2 Å². The smallest absolute Gasteiger partial charge is 0.420 e. The molecule has 0 heterocycles. The van der Waals surface area contributed by atoms with Crippen molar-refractivity contribution >= 4 is 11.6 Å². The minimum atomic E-state index is -4.64. The molecule has 0 spiro atoms. The molecule has 2 rings (SSSR count). The molecule has 1 aromatic rings. The predicted octanol–water partition coefficient (Wildman–Crippen LogP) is 4.18. The lowest BCUT2D eigenvalue weighted by Crippen LogP contribution is -2.38. The predicted molar refractivity (Wildman–Crippen MR) is 67.1 cm³/mol. The Balaban J connectivity index is 2.50. The number of hydrogen-bond acceptors (Lipinski definition) is 2. The largest absolute Gasteiger partial charge is 0.506 e. The highest BCUT2D eigenvalue weighted by atomic mass is 35.5. The van der Waals surface area contributed by atoms with Crippen molar-refractivity contribution < 1.29 is 18.3 Å². The van der Waals surface area contributed by atoms with Crippen molar-refractivity contribution in [2.75, 3.05) is 0 Å². The molecule has 0 atom stereocenters. The minimum Gasteiger partial charge on any atom is -0.506 e. The van der Waals surface area contributed by atoms with E-state index in [2.05, 4.69) is 0 Å². The van der Waals surface area contributed by atoms with Gasteiger partial charge < -0.3 is 10.8 Å². The summed E-state index contributed by atoms with van der Waals surface area (Å²) in [6.07, 6.45) is -0.574. The normalized spacial score (nSPS) is 19.4. The number of benzene rings is 1. The van der Waals surface area contributed by atoms with Crippen LogP contribution in [-0.2, 0) is 11.7 Å². The van der Waals surface area contributed by atoms with E-state index >= 15 is 0 Å². The fourth-order valence-corrected chi connectivity index (χ4v) is 2.79. The zero-order chi connectivity index (χ0) is 14.3. The van der Waals surface area contributed by atoms with Gasteiger partial charge in [0.2, 0.25) is 0 Å². The van der Waals surface area contributed by atoms with Crippen LogP contribution in [0.3, 0.4) is 0 Å². The van der Waals surface area contributed by atoms with Crippen LogP contribution >= 0.6 is 11.6 Å². The van der Waals surface area contributed by atoms with E-state index in [-0.39, 0.29) is 5.02 Å². The molecule has 0 amide bonds. The quantitative estimate of drug-likeness (QED) is 0.816. The SMILES string of the molecule is NC1(c2cc(Cl)c(O)c(C(F)(F)F)c2)CCCCC1. The molecular formula is C13H15ClF3NO. The minimum absolute atomic E-state index is 0.305. The summed E-state index contributed by atoms with van der Waals surface area (Å²) in [7, 11) is 0. The van der Waals surface area contributed by atoms with Crippen molar-refractivity contribution in [3.63, 3.8) is 0 Å². The van der Waals surface area contributed by atoms with E-state index < -0.39 is 23.0 Å². The molecule has 6 heteroatoms. The number of aromatic hydroxyl groups is 1. The molecule has 0 saturated heterocycles. The molecule has 0 aromatic heterocycles. The molecule has 19 heavy (non-hydrogen) atoms. The van der Waals surface area contributed by atoms with Crippen molar-refractivity contribution in [2.45, 2.75) is 43.8 Å². The highest BCUT2D eigenvalue weighted by Gasteiger charge is 2.38. The van der Waals surface area contributed by atoms with E-state index in [0.717, 1.165) is 25.3 Å². The first-order chi connectivity index (χ1) is 8.74. The fourth-order valence-electron chi connectivity index (χ4n) is 2.57. The van der Waals surface area contributed by atoms with Crippen LogP contribution in [0.15, 0.2) is 12.1 Å². The number of phenols is 1. The van der Waals surface area contributed by atoms with Gasteiger partial charge in [-0.1, -0.05) is 30.9 Å². The van der Waals surface area contributed by atoms with Crippen molar-refractivity contribution in [1.82, 2.24) is 0 Å². The van der Waals surface area contributed by atoms with Crippen LogP contribution in [-0.4, -0.2) is 5.11 Å². The van der Waals surface area contributed by atoms with Gasteiger partial charge in [-0.05, 0) is 30.5 Å². The van der Waals surface area contributed by atoms with Gasteiger partial charge in [0.25, 0.3) is 0 Å². The van der Waals surface area contributed by atoms with Crippen molar-refractivity contribution in [3.05, 3.63) is 28.3 Å². The first-order valence-electron chi connectivity index (χ1n) is 6.13. The molecule has 0 unspecified atom stereocenters. The highest BCUT2D eigenvalue weighted by Crippen LogP contribution is 2.44. The summed E-state index contributed by atoms with van der Waals surface area (Å²) in [6, 6.07) is 2.27. The van der Waals surface area contributed by atoms with Crippen LogP contribution in [0.2, 0.25) is 5.02 Å². The Labute approximate surface area is 114 Å². The van der Waals surface area contributed by atoms with Crippen LogP contribution in [0.1, 0.15) is 43.2 Å². The summed E-state index contributed by atoms with van der Waals surface area (Å²) in [5, 5.41) is 9.14. The van der Waals surface area contributed by atoms with Crippen LogP contribution in [0.4, 0.5) is 13.2 Å². The number of nitrogens with two attached hydrogens (primary N) is 1. The summed E-state index contributed by atoms with van der Waals surface area (Å²) in [5.74, 6) is -0.933. The second-order valence-corrected chi connectivity index (χ2v) is 5.48. The summed E-state index contributed by atoms with van der Waals surface area (Å²) in [4.78, 5) is 0. The number of hydrogen-bond donors (Lipinski definition) is 2. The maximum atomic E-state index is 12.8. The van der Waals surface area contributed by atoms with E-state index in [1.54, 1.807) is 0 Å². The molecular weight excluding hydrogens is 279 g/mol. The maximum absolute atomic E-state index is 12.8. The number of phenolic OH excluding ortho intramolecular Hbond substituents is 1. The van der Waals surface area contributed by atoms with E-state index in [9.17, 15) is 18.3 Å². The maximum Gasteiger partial charge on any atom is 0.420 e. The number of alkyl halides is 3. The van der Waals surface area contributed by atoms with Gasteiger partial charge in [-0.3, -0.25) is 0 Å². The van der Waals surface area contributed by atoms with Gasteiger partial charge >= 0.3 is 6.18 Å². The van der Waals surface area contributed by atoms with E-state index in [1.807, 2.05) is 0 Å². The van der Waals surface area contributed by atoms with Crippen LogP contribution in [0, 0.1) is 0 Å². The number of rotatable bonds is 1. The Morgan fingerprint density at radius 3 is 2.26 bits per heavy atom. The van der Waals surface area contributed by atoms with E-state index in [0.29, 0.717) is 18.4 Å². The van der Waals surface area contributed by atoms with Gasteiger partial charge in [0.05, 0.1) is 10.6 Å². The van der Waals surface area contributed by atoms with Crippen molar-refractivity contribution in [1.29, 1.82) is 0 Å². The Hall–Kier alpha value is -0.940. The summed E-state index contributed by atoms with van der Waals surface area (Å²) < 4.78 is 38.5. The Bertz CT molecular complexity index is 482. The van der Waals surface area contributed by atoms with Crippen molar-refractivity contribution in [2.24, 2.45) is 5.73 Å². The van der Waals surface area contributed by atoms with Gasteiger partial charge in [0.1, 0.15) is 5.75 Å². The standard InChI is InChI=1S/C13H15ClF3NO/c14-10-7-8(12(18)4-2-1-3-5-12)6-9(11(10)19)13(15,16)17/h6-7,19H,1-5,18H2. The first kappa shape index (κ1) is 14.5. The monoisotopic (exact) mass is 293 g/mol. The average molecular weight is 294 g/mol. The zero-order valence-corrected chi connectivity index (χ0v) is 11.0. The Morgan fingerprint density at radius 2 is 1.74 bits per heavy atom. The third-order valence-electron chi connectivity index (χ3n) is 3.69. The molecule has 1 aliphatic carbocycles. The topological polar surface area (TPSA) is 46.2 Å². The molecule has 1 fully saturated rings. The highest BCUT2D eigenvalue weighted by molar-refractivity contribution is 6.32.